The van der Waals surface area contributed by atoms with E-state index in [1.807, 2.05) is 17.8 Å². The smallest absolute Gasteiger partial charge is 0.0819 e. The highest BCUT2D eigenvalue weighted by atomic mass is 32.2. The second-order valence-electron chi connectivity index (χ2n) is 2.84. The molecule has 1 nitrogen and oxygen atoms in total. The van der Waals surface area contributed by atoms with Crippen molar-refractivity contribution >= 4 is 23.1 Å². The van der Waals surface area contributed by atoms with Gasteiger partial charge in [0.1, 0.15) is 0 Å². The molecule has 0 saturated heterocycles. The Morgan fingerprint density at radius 1 is 1.64 bits per heavy atom. The van der Waals surface area contributed by atoms with Gasteiger partial charge in [0, 0.05) is 10.8 Å². The second-order valence-corrected chi connectivity index (χ2v) is 5.47. The van der Waals surface area contributed by atoms with E-state index in [1.54, 1.807) is 11.3 Å². The largest absolute Gasteiger partial charge is 0.388 e. The third-order valence-electron chi connectivity index (χ3n) is 1.88. The van der Waals surface area contributed by atoms with Crippen LogP contribution in [0.2, 0.25) is 0 Å². The van der Waals surface area contributed by atoms with Crippen LogP contribution >= 0.6 is 23.1 Å². The molecule has 1 aromatic rings. The summed E-state index contributed by atoms with van der Waals surface area (Å²) in [5.74, 6) is 0. The molecular weight excluding hydrogens is 176 g/mol. The molecule has 0 unspecified atom stereocenters. The molecule has 0 radical (unpaired) electrons. The monoisotopic (exact) mass is 186 g/mol. The van der Waals surface area contributed by atoms with Crippen LogP contribution in [0.5, 0.6) is 0 Å². The van der Waals surface area contributed by atoms with E-state index >= 15 is 0 Å². The molecule has 1 aliphatic rings. The van der Waals surface area contributed by atoms with Crippen LogP contribution in [0.15, 0.2) is 15.7 Å². The summed E-state index contributed by atoms with van der Waals surface area (Å²) in [4.78, 5) is 0. The zero-order valence-corrected chi connectivity index (χ0v) is 7.91. The summed E-state index contributed by atoms with van der Waals surface area (Å²) >= 11 is 3.62. The summed E-state index contributed by atoms with van der Waals surface area (Å²) in [6, 6.07) is 2.03. The maximum absolute atomic E-state index is 9.61. The molecule has 2 atom stereocenters. The van der Waals surface area contributed by atoms with E-state index in [4.69, 9.17) is 0 Å². The Kier molecular flexibility index (Phi) is 1.95. The van der Waals surface area contributed by atoms with Crippen LogP contribution in [0, 0.1) is 0 Å². The Morgan fingerprint density at radius 3 is 3.27 bits per heavy atom. The van der Waals surface area contributed by atoms with Crippen molar-refractivity contribution < 1.29 is 5.11 Å². The molecule has 2 heterocycles. The van der Waals surface area contributed by atoms with E-state index in [2.05, 4.69) is 12.3 Å². The first kappa shape index (κ1) is 7.65. The number of rotatable bonds is 0. The SMILES string of the molecule is C[C@H]1C[C@@H](O)c2ccsc2S1. The van der Waals surface area contributed by atoms with Gasteiger partial charge in [-0.15, -0.1) is 23.1 Å². The summed E-state index contributed by atoms with van der Waals surface area (Å²) < 4.78 is 1.30. The van der Waals surface area contributed by atoms with Gasteiger partial charge in [-0.25, -0.2) is 0 Å². The standard InChI is InChI=1S/C8H10OS2/c1-5-4-7(9)6-2-3-10-8(6)11-5/h2-3,5,7,9H,4H2,1H3/t5-,7+/m0/s1. The normalized spacial score (nSPS) is 30.0. The van der Waals surface area contributed by atoms with E-state index in [-0.39, 0.29) is 6.10 Å². The van der Waals surface area contributed by atoms with Crippen molar-refractivity contribution in [1.29, 1.82) is 0 Å². The minimum absolute atomic E-state index is 0.215. The fraction of sp³-hybridized carbons (Fsp3) is 0.500. The second kappa shape index (κ2) is 2.81. The third-order valence-corrected chi connectivity index (χ3v) is 4.22. The fourth-order valence-corrected chi connectivity index (χ4v) is 3.86. The predicted octanol–water partition coefficient (Wildman–Crippen LogP) is 2.67. The van der Waals surface area contributed by atoms with Crippen LogP contribution in [-0.4, -0.2) is 10.4 Å². The summed E-state index contributed by atoms with van der Waals surface area (Å²) in [7, 11) is 0. The van der Waals surface area contributed by atoms with Crippen LogP contribution in [0.25, 0.3) is 0 Å². The summed E-state index contributed by atoms with van der Waals surface area (Å²) in [5, 5.41) is 12.2. The van der Waals surface area contributed by atoms with Crippen molar-refractivity contribution in [3.05, 3.63) is 17.0 Å². The Hall–Kier alpha value is 0.01000. The molecule has 0 fully saturated rings. The van der Waals surface area contributed by atoms with Crippen molar-refractivity contribution in [3.8, 4) is 0 Å². The van der Waals surface area contributed by atoms with Crippen molar-refractivity contribution in [1.82, 2.24) is 0 Å². The summed E-state index contributed by atoms with van der Waals surface area (Å²) in [6.07, 6.45) is 0.682. The highest BCUT2D eigenvalue weighted by Gasteiger charge is 2.23. The number of aliphatic hydroxyl groups excluding tert-OH is 1. The molecule has 0 aromatic carbocycles. The summed E-state index contributed by atoms with van der Waals surface area (Å²) in [6.45, 7) is 2.16. The first-order valence-electron chi connectivity index (χ1n) is 3.69. The van der Waals surface area contributed by atoms with Crippen molar-refractivity contribution in [2.24, 2.45) is 0 Å². The van der Waals surface area contributed by atoms with Gasteiger partial charge in [-0.05, 0) is 17.9 Å². The van der Waals surface area contributed by atoms with Gasteiger partial charge in [-0.2, -0.15) is 0 Å². The van der Waals surface area contributed by atoms with Crippen molar-refractivity contribution in [2.75, 3.05) is 0 Å². The van der Waals surface area contributed by atoms with E-state index in [0.29, 0.717) is 5.25 Å². The van der Waals surface area contributed by atoms with Gasteiger partial charge in [0.2, 0.25) is 0 Å². The molecule has 1 aromatic heterocycles. The lowest BCUT2D eigenvalue weighted by Gasteiger charge is -2.22. The number of fused-ring (bicyclic) bond motifs is 1. The number of thioether (sulfide) groups is 1. The molecule has 0 spiro atoms. The molecule has 0 saturated carbocycles. The minimum Gasteiger partial charge on any atom is -0.388 e. The molecule has 0 bridgehead atoms. The highest BCUT2D eigenvalue weighted by molar-refractivity contribution is 8.01. The number of hydrogen-bond acceptors (Lipinski definition) is 3. The molecule has 0 amide bonds. The number of hydrogen-bond donors (Lipinski definition) is 1. The quantitative estimate of drug-likeness (QED) is 0.672. The van der Waals surface area contributed by atoms with E-state index in [9.17, 15) is 5.11 Å². The van der Waals surface area contributed by atoms with Crippen LogP contribution in [0.1, 0.15) is 25.0 Å². The van der Waals surface area contributed by atoms with Crippen molar-refractivity contribution in [3.63, 3.8) is 0 Å². The average Bonchev–Trinajstić information content (AvgIpc) is 2.34. The maximum Gasteiger partial charge on any atom is 0.0819 e. The Balaban J connectivity index is 2.36. The maximum atomic E-state index is 9.61. The molecule has 1 aliphatic heterocycles. The molecule has 11 heavy (non-hydrogen) atoms. The lowest BCUT2D eigenvalue weighted by molar-refractivity contribution is 0.164. The van der Waals surface area contributed by atoms with E-state index < -0.39 is 0 Å². The predicted molar refractivity (Wildman–Crippen MR) is 49.2 cm³/mol. The Morgan fingerprint density at radius 2 is 2.45 bits per heavy atom. The Labute approximate surface area is 74.4 Å². The van der Waals surface area contributed by atoms with Gasteiger partial charge in [0.05, 0.1) is 10.3 Å². The van der Waals surface area contributed by atoms with Crippen LogP contribution < -0.4 is 0 Å². The third kappa shape index (κ3) is 1.33. The minimum atomic E-state index is -0.215. The zero-order valence-electron chi connectivity index (χ0n) is 6.28. The highest BCUT2D eigenvalue weighted by Crippen LogP contribution is 2.43. The van der Waals surface area contributed by atoms with Gasteiger partial charge in [-0.1, -0.05) is 6.92 Å². The van der Waals surface area contributed by atoms with Crippen LogP contribution in [0.3, 0.4) is 0 Å². The zero-order chi connectivity index (χ0) is 7.84. The molecule has 1 N–H and O–H groups in total. The topological polar surface area (TPSA) is 20.2 Å². The fourth-order valence-electron chi connectivity index (χ4n) is 1.32. The van der Waals surface area contributed by atoms with Gasteiger partial charge in [-0.3, -0.25) is 0 Å². The molecule has 3 heteroatoms. The average molecular weight is 186 g/mol. The summed E-state index contributed by atoms with van der Waals surface area (Å²) in [5.41, 5.74) is 1.14. The van der Waals surface area contributed by atoms with Gasteiger partial charge < -0.3 is 5.11 Å². The lowest BCUT2D eigenvalue weighted by Crippen LogP contribution is -2.10. The van der Waals surface area contributed by atoms with E-state index in [1.165, 1.54) is 4.21 Å². The first-order chi connectivity index (χ1) is 5.27. The van der Waals surface area contributed by atoms with Gasteiger partial charge >= 0.3 is 0 Å². The number of aliphatic hydroxyl groups is 1. The Bertz CT molecular complexity index is 256. The van der Waals surface area contributed by atoms with Crippen LogP contribution in [0.4, 0.5) is 0 Å². The van der Waals surface area contributed by atoms with Crippen LogP contribution in [-0.2, 0) is 0 Å². The molecule has 0 aliphatic carbocycles. The number of thiophene rings is 1. The van der Waals surface area contributed by atoms with Gasteiger partial charge in [0.15, 0.2) is 0 Å². The molecule has 2 rings (SSSR count). The van der Waals surface area contributed by atoms with Gasteiger partial charge in [0.25, 0.3) is 0 Å². The van der Waals surface area contributed by atoms with E-state index in [0.717, 1.165) is 12.0 Å². The molecule has 60 valence electrons. The molecular formula is C8H10OS2. The van der Waals surface area contributed by atoms with Crippen molar-refractivity contribution in [2.45, 2.75) is 28.9 Å². The lowest BCUT2D eigenvalue weighted by atomic mass is 10.1. The first-order valence-corrected chi connectivity index (χ1v) is 5.45.